The highest BCUT2D eigenvalue weighted by molar-refractivity contribution is 7.80. The first-order valence-corrected chi connectivity index (χ1v) is 5.13. The standard InChI is InChI=1S/C10H10N4S/c11-9-8-7(3-1-2-4-15)5-12-10(8)14-6-13-9/h5-6,15H,2,4H2,(H3,11,12,13,14). The van der Waals surface area contributed by atoms with Crippen molar-refractivity contribution in [2.75, 3.05) is 11.5 Å². The van der Waals surface area contributed by atoms with Crippen LogP contribution < -0.4 is 5.73 Å². The molecule has 3 N–H and O–H groups in total. The quantitative estimate of drug-likeness (QED) is 0.498. The van der Waals surface area contributed by atoms with E-state index >= 15 is 0 Å². The highest BCUT2D eigenvalue weighted by atomic mass is 32.1. The third-order valence-electron chi connectivity index (χ3n) is 1.96. The lowest BCUT2D eigenvalue weighted by molar-refractivity contribution is 1.21. The van der Waals surface area contributed by atoms with E-state index in [9.17, 15) is 0 Å². The van der Waals surface area contributed by atoms with Gasteiger partial charge in [0.1, 0.15) is 17.8 Å². The van der Waals surface area contributed by atoms with Crippen molar-refractivity contribution in [3.8, 4) is 11.8 Å². The van der Waals surface area contributed by atoms with Gasteiger partial charge in [0, 0.05) is 18.4 Å². The van der Waals surface area contributed by atoms with Crippen LogP contribution in [0, 0.1) is 11.8 Å². The minimum atomic E-state index is 0.455. The number of aromatic nitrogens is 3. The predicted molar refractivity (Wildman–Crippen MR) is 63.6 cm³/mol. The lowest BCUT2D eigenvalue weighted by Crippen LogP contribution is -1.92. The van der Waals surface area contributed by atoms with Gasteiger partial charge in [-0.05, 0) is 0 Å². The molecule has 4 nitrogen and oxygen atoms in total. The predicted octanol–water partition coefficient (Wildman–Crippen LogP) is 1.21. The van der Waals surface area contributed by atoms with E-state index in [-0.39, 0.29) is 0 Å². The van der Waals surface area contributed by atoms with Crippen LogP contribution in [0.1, 0.15) is 12.0 Å². The lowest BCUT2D eigenvalue weighted by atomic mass is 10.2. The van der Waals surface area contributed by atoms with Gasteiger partial charge in [0.05, 0.1) is 10.9 Å². The molecular formula is C10H10N4S. The van der Waals surface area contributed by atoms with Gasteiger partial charge in [-0.2, -0.15) is 12.6 Å². The molecular weight excluding hydrogens is 208 g/mol. The smallest absolute Gasteiger partial charge is 0.144 e. The summed E-state index contributed by atoms with van der Waals surface area (Å²) < 4.78 is 0. The van der Waals surface area contributed by atoms with Gasteiger partial charge in [-0.3, -0.25) is 0 Å². The fourth-order valence-corrected chi connectivity index (χ4v) is 1.41. The molecule has 2 aromatic rings. The molecule has 76 valence electrons. The zero-order valence-electron chi connectivity index (χ0n) is 7.99. The van der Waals surface area contributed by atoms with Crippen LogP contribution in [0.15, 0.2) is 12.5 Å². The highest BCUT2D eigenvalue weighted by Gasteiger charge is 2.05. The van der Waals surface area contributed by atoms with E-state index in [0.29, 0.717) is 5.82 Å². The maximum absolute atomic E-state index is 5.75. The molecule has 0 aromatic carbocycles. The van der Waals surface area contributed by atoms with Crippen molar-refractivity contribution >= 4 is 29.5 Å². The van der Waals surface area contributed by atoms with Crippen LogP contribution in [-0.4, -0.2) is 20.7 Å². The number of nitrogens with two attached hydrogens (primary N) is 1. The average molecular weight is 218 g/mol. The second-order valence-electron chi connectivity index (χ2n) is 2.96. The van der Waals surface area contributed by atoms with Crippen LogP contribution in [0.5, 0.6) is 0 Å². The Morgan fingerprint density at radius 3 is 3.13 bits per heavy atom. The number of thiol groups is 1. The normalized spacial score (nSPS) is 9.93. The van der Waals surface area contributed by atoms with E-state index in [1.54, 1.807) is 6.20 Å². The van der Waals surface area contributed by atoms with E-state index in [0.717, 1.165) is 28.8 Å². The Morgan fingerprint density at radius 1 is 1.47 bits per heavy atom. The Labute approximate surface area is 92.7 Å². The molecule has 0 aliphatic rings. The molecule has 0 radical (unpaired) electrons. The third kappa shape index (κ3) is 1.90. The summed E-state index contributed by atoms with van der Waals surface area (Å²) in [6, 6.07) is 0. The van der Waals surface area contributed by atoms with Crippen LogP contribution >= 0.6 is 12.6 Å². The molecule has 2 heterocycles. The molecule has 0 atom stereocenters. The number of nitrogens with one attached hydrogen (secondary N) is 1. The van der Waals surface area contributed by atoms with Crippen LogP contribution in [0.3, 0.4) is 0 Å². The lowest BCUT2D eigenvalue weighted by Gasteiger charge is -1.93. The molecule has 0 aliphatic carbocycles. The molecule has 5 heteroatoms. The summed E-state index contributed by atoms with van der Waals surface area (Å²) in [5.74, 6) is 7.22. The summed E-state index contributed by atoms with van der Waals surface area (Å²) in [6.45, 7) is 0. The van der Waals surface area contributed by atoms with Crippen molar-refractivity contribution in [2.45, 2.75) is 6.42 Å². The van der Waals surface area contributed by atoms with E-state index in [2.05, 4.69) is 39.4 Å². The number of aromatic amines is 1. The molecule has 0 spiro atoms. The largest absolute Gasteiger partial charge is 0.383 e. The van der Waals surface area contributed by atoms with Gasteiger partial charge in [0.25, 0.3) is 0 Å². The van der Waals surface area contributed by atoms with Crippen molar-refractivity contribution in [3.05, 3.63) is 18.1 Å². The molecule has 0 bridgehead atoms. The molecule has 0 amide bonds. The van der Waals surface area contributed by atoms with Crippen molar-refractivity contribution < 1.29 is 0 Å². The SMILES string of the molecule is Nc1ncnc2[nH]cc(C#CCCS)c12. The first-order chi connectivity index (χ1) is 7.33. The summed E-state index contributed by atoms with van der Waals surface area (Å²) in [6.07, 6.45) is 3.98. The zero-order valence-corrected chi connectivity index (χ0v) is 8.88. The molecule has 0 aliphatic heterocycles. The minimum absolute atomic E-state index is 0.455. The van der Waals surface area contributed by atoms with Gasteiger partial charge in [-0.1, -0.05) is 11.8 Å². The monoisotopic (exact) mass is 218 g/mol. The van der Waals surface area contributed by atoms with Gasteiger partial charge in [-0.15, -0.1) is 0 Å². The van der Waals surface area contributed by atoms with E-state index in [1.807, 2.05) is 0 Å². The summed E-state index contributed by atoms with van der Waals surface area (Å²) in [7, 11) is 0. The number of hydrogen-bond donors (Lipinski definition) is 3. The summed E-state index contributed by atoms with van der Waals surface area (Å²) in [5, 5.41) is 0.796. The topological polar surface area (TPSA) is 67.6 Å². The van der Waals surface area contributed by atoms with Crippen LogP contribution in [0.2, 0.25) is 0 Å². The van der Waals surface area contributed by atoms with Crippen molar-refractivity contribution in [3.63, 3.8) is 0 Å². The van der Waals surface area contributed by atoms with Gasteiger partial charge in [0.2, 0.25) is 0 Å². The number of nitrogen functional groups attached to an aromatic ring is 1. The fraction of sp³-hybridized carbons (Fsp3) is 0.200. The van der Waals surface area contributed by atoms with Gasteiger partial charge < -0.3 is 10.7 Å². The third-order valence-corrected chi connectivity index (χ3v) is 2.18. The molecule has 0 fully saturated rings. The number of hydrogen-bond acceptors (Lipinski definition) is 4. The first kappa shape index (κ1) is 9.87. The Bertz CT molecular complexity index is 535. The van der Waals surface area contributed by atoms with Crippen molar-refractivity contribution in [2.24, 2.45) is 0 Å². The Morgan fingerprint density at radius 2 is 2.33 bits per heavy atom. The van der Waals surface area contributed by atoms with Gasteiger partial charge in [-0.25, -0.2) is 9.97 Å². The maximum atomic E-state index is 5.75. The number of rotatable bonds is 1. The van der Waals surface area contributed by atoms with Gasteiger partial charge in [0.15, 0.2) is 0 Å². The van der Waals surface area contributed by atoms with Crippen LogP contribution in [0.4, 0.5) is 5.82 Å². The minimum Gasteiger partial charge on any atom is -0.383 e. The fourth-order valence-electron chi connectivity index (χ4n) is 1.30. The number of fused-ring (bicyclic) bond motifs is 1. The molecule has 2 rings (SSSR count). The highest BCUT2D eigenvalue weighted by Crippen LogP contribution is 2.19. The number of anilines is 1. The Kier molecular flexibility index (Phi) is 2.79. The van der Waals surface area contributed by atoms with E-state index in [1.165, 1.54) is 6.33 Å². The second-order valence-corrected chi connectivity index (χ2v) is 3.41. The molecule has 0 saturated heterocycles. The van der Waals surface area contributed by atoms with Gasteiger partial charge >= 0.3 is 0 Å². The van der Waals surface area contributed by atoms with Crippen LogP contribution in [0.25, 0.3) is 11.0 Å². The second kappa shape index (κ2) is 4.24. The molecule has 2 aromatic heterocycles. The molecule has 0 unspecified atom stereocenters. The zero-order chi connectivity index (χ0) is 10.7. The maximum Gasteiger partial charge on any atom is 0.144 e. The summed E-state index contributed by atoms with van der Waals surface area (Å²) in [5.41, 5.74) is 7.31. The Hall–Kier alpha value is -1.67. The number of nitrogens with zero attached hydrogens (tertiary/aromatic N) is 2. The first-order valence-electron chi connectivity index (χ1n) is 4.50. The number of H-pyrrole nitrogens is 1. The summed E-state index contributed by atoms with van der Waals surface area (Å²) in [4.78, 5) is 11.0. The van der Waals surface area contributed by atoms with Crippen LogP contribution in [-0.2, 0) is 0 Å². The van der Waals surface area contributed by atoms with E-state index < -0.39 is 0 Å². The average Bonchev–Trinajstić information content (AvgIpc) is 2.63. The Balaban J connectivity index is 2.50. The van der Waals surface area contributed by atoms with Crippen molar-refractivity contribution in [1.29, 1.82) is 0 Å². The summed E-state index contributed by atoms with van der Waals surface area (Å²) >= 11 is 4.09. The molecule has 15 heavy (non-hydrogen) atoms. The molecule has 0 saturated carbocycles. The van der Waals surface area contributed by atoms with Crippen molar-refractivity contribution in [1.82, 2.24) is 15.0 Å². The van der Waals surface area contributed by atoms with E-state index in [4.69, 9.17) is 5.73 Å².